The average molecular weight is 357 g/mol. The van der Waals surface area contributed by atoms with Crippen molar-refractivity contribution in [1.29, 1.82) is 0 Å². The quantitative estimate of drug-likeness (QED) is 0.762. The zero-order chi connectivity index (χ0) is 19.5. The first-order valence-electron chi connectivity index (χ1n) is 9.16. The number of carbonyl (C=O) groups excluding carboxylic acids is 2. The normalized spacial score (nSPS) is 22.6. The number of hydrogen-bond acceptors (Lipinski definition) is 5. The summed E-state index contributed by atoms with van der Waals surface area (Å²) in [6.07, 6.45) is 1.80. The fourth-order valence-electron chi connectivity index (χ4n) is 3.21. The maximum Gasteiger partial charge on any atom is 0.410 e. The lowest BCUT2D eigenvalue weighted by molar-refractivity contribution is -0.165. The van der Waals surface area contributed by atoms with Crippen LogP contribution in [0.3, 0.4) is 0 Å². The predicted molar refractivity (Wildman–Crippen MR) is 96.2 cm³/mol. The Balaban J connectivity index is 3.07. The van der Waals surface area contributed by atoms with E-state index in [0.717, 1.165) is 12.8 Å². The van der Waals surface area contributed by atoms with E-state index in [0.29, 0.717) is 19.4 Å². The van der Waals surface area contributed by atoms with Crippen LogP contribution in [0.15, 0.2) is 0 Å². The first kappa shape index (κ1) is 21.7. The molecule has 1 saturated heterocycles. The standard InChI is InChI=1S/C19H35NO5/c1-14(24-15(22)17(2,3)4)19(11-9-13-21)10-8-12-20(19)16(23)25-18(5,6)7/h14,21H,8-13H2,1-7H3. The molecule has 1 amide bonds. The smallest absolute Gasteiger partial charge is 0.410 e. The van der Waals surface area contributed by atoms with E-state index in [1.165, 1.54) is 0 Å². The van der Waals surface area contributed by atoms with Crippen LogP contribution in [-0.2, 0) is 14.3 Å². The molecule has 0 aromatic rings. The van der Waals surface area contributed by atoms with Gasteiger partial charge in [0.05, 0.1) is 11.0 Å². The molecule has 0 aromatic heterocycles. The van der Waals surface area contributed by atoms with E-state index < -0.39 is 22.7 Å². The number of esters is 1. The summed E-state index contributed by atoms with van der Waals surface area (Å²) in [6, 6.07) is 0. The number of likely N-dealkylation sites (tertiary alicyclic amines) is 1. The molecule has 0 spiro atoms. The molecule has 1 aliphatic heterocycles. The number of nitrogens with zero attached hydrogens (tertiary/aromatic N) is 1. The Morgan fingerprint density at radius 3 is 2.28 bits per heavy atom. The monoisotopic (exact) mass is 357 g/mol. The highest BCUT2D eigenvalue weighted by atomic mass is 16.6. The lowest BCUT2D eigenvalue weighted by Gasteiger charge is -2.43. The highest BCUT2D eigenvalue weighted by Gasteiger charge is 2.50. The van der Waals surface area contributed by atoms with Crippen molar-refractivity contribution < 1.29 is 24.2 Å². The van der Waals surface area contributed by atoms with Crippen LogP contribution >= 0.6 is 0 Å². The van der Waals surface area contributed by atoms with Crippen LogP contribution in [0, 0.1) is 5.41 Å². The third-order valence-electron chi connectivity index (χ3n) is 4.56. The van der Waals surface area contributed by atoms with Crippen LogP contribution < -0.4 is 0 Å². The maximum absolute atomic E-state index is 12.7. The Labute approximate surface area is 151 Å². The van der Waals surface area contributed by atoms with Gasteiger partial charge in [-0.3, -0.25) is 9.69 Å². The van der Waals surface area contributed by atoms with Crippen LogP contribution in [-0.4, -0.2) is 52.5 Å². The molecule has 6 heteroatoms. The number of rotatable bonds is 5. The van der Waals surface area contributed by atoms with Gasteiger partial charge in [-0.25, -0.2) is 4.79 Å². The maximum atomic E-state index is 12.7. The Morgan fingerprint density at radius 1 is 1.20 bits per heavy atom. The average Bonchev–Trinajstić information content (AvgIpc) is 2.87. The van der Waals surface area contributed by atoms with Crippen LogP contribution in [0.25, 0.3) is 0 Å². The Hall–Kier alpha value is -1.30. The molecule has 0 aromatic carbocycles. The summed E-state index contributed by atoms with van der Waals surface area (Å²) in [4.78, 5) is 26.8. The number of aliphatic hydroxyl groups is 1. The van der Waals surface area contributed by atoms with Gasteiger partial charge in [-0.15, -0.1) is 0 Å². The van der Waals surface area contributed by atoms with E-state index in [1.54, 1.807) is 4.90 Å². The zero-order valence-corrected chi connectivity index (χ0v) is 16.8. The summed E-state index contributed by atoms with van der Waals surface area (Å²) < 4.78 is 11.3. The molecule has 1 heterocycles. The summed E-state index contributed by atoms with van der Waals surface area (Å²) in [5.74, 6) is -0.292. The van der Waals surface area contributed by atoms with E-state index >= 15 is 0 Å². The van der Waals surface area contributed by atoms with Crippen molar-refractivity contribution >= 4 is 12.1 Å². The van der Waals surface area contributed by atoms with Gasteiger partial charge in [0, 0.05) is 13.2 Å². The third kappa shape index (κ3) is 5.59. The van der Waals surface area contributed by atoms with E-state index in [9.17, 15) is 14.7 Å². The number of aliphatic hydroxyl groups excluding tert-OH is 1. The van der Waals surface area contributed by atoms with Crippen molar-refractivity contribution in [3.63, 3.8) is 0 Å². The molecule has 25 heavy (non-hydrogen) atoms. The molecular weight excluding hydrogens is 322 g/mol. The molecule has 1 N–H and O–H groups in total. The summed E-state index contributed by atoms with van der Waals surface area (Å²) in [5.41, 5.74) is -1.83. The molecule has 1 fully saturated rings. The zero-order valence-electron chi connectivity index (χ0n) is 16.8. The van der Waals surface area contributed by atoms with Gasteiger partial charge >= 0.3 is 12.1 Å². The van der Waals surface area contributed by atoms with Gasteiger partial charge < -0.3 is 14.6 Å². The van der Waals surface area contributed by atoms with Gasteiger partial charge in [-0.1, -0.05) is 0 Å². The van der Waals surface area contributed by atoms with Crippen molar-refractivity contribution in [2.24, 2.45) is 5.41 Å². The summed E-state index contributed by atoms with van der Waals surface area (Å²) in [7, 11) is 0. The van der Waals surface area contributed by atoms with Gasteiger partial charge in [0.15, 0.2) is 0 Å². The number of amides is 1. The largest absolute Gasteiger partial charge is 0.460 e. The molecule has 0 aliphatic carbocycles. The minimum atomic E-state index is -0.633. The molecule has 0 bridgehead atoms. The second kappa shape index (κ2) is 7.94. The molecule has 146 valence electrons. The number of ether oxygens (including phenoxy) is 2. The van der Waals surface area contributed by atoms with Crippen LogP contribution in [0.5, 0.6) is 0 Å². The van der Waals surface area contributed by atoms with Gasteiger partial charge in [0.25, 0.3) is 0 Å². The Morgan fingerprint density at radius 2 is 1.80 bits per heavy atom. The summed E-state index contributed by atoms with van der Waals surface area (Å²) in [5, 5.41) is 9.30. The second-order valence-electron chi connectivity index (χ2n) is 8.96. The molecule has 2 unspecified atom stereocenters. The SMILES string of the molecule is CC(OC(=O)C(C)(C)C)C1(CCCO)CCCN1C(=O)OC(C)(C)C. The van der Waals surface area contributed by atoms with Crippen molar-refractivity contribution in [1.82, 2.24) is 4.90 Å². The molecule has 1 rings (SSSR count). The molecule has 6 nitrogen and oxygen atoms in total. The first-order chi connectivity index (χ1) is 11.3. The lowest BCUT2D eigenvalue weighted by atomic mass is 9.85. The molecule has 1 aliphatic rings. The first-order valence-corrected chi connectivity index (χ1v) is 9.16. The van der Waals surface area contributed by atoms with Gasteiger partial charge in [-0.2, -0.15) is 0 Å². The minimum absolute atomic E-state index is 0.0316. The minimum Gasteiger partial charge on any atom is -0.460 e. The predicted octanol–water partition coefficient (Wildman–Crippen LogP) is 3.51. The van der Waals surface area contributed by atoms with E-state index in [2.05, 4.69) is 0 Å². The molecule has 2 atom stereocenters. The Kier molecular flexibility index (Phi) is 6.90. The summed E-state index contributed by atoms with van der Waals surface area (Å²) >= 11 is 0. The van der Waals surface area contributed by atoms with Crippen molar-refractivity contribution in [3.05, 3.63) is 0 Å². The fraction of sp³-hybridized carbons (Fsp3) is 0.895. The van der Waals surface area contributed by atoms with Gasteiger partial charge in [0.2, 0.25) is 0 Å². The van der Waals surface area contributed by atoms with Crippen LogP contribution in [0.1, 0.15) is 74.1 Å². The number of carbonyl (C=O) groups is 2. The lowest BCUT2D eigenvalue weighted by Crippen LogP contribution is -2.57. The highest BCUT2D eigenvalue weighted by Crippen LogP contribution is 2.39. The number of hydrogen-bond donors (Lipinski definition) is 1. The summed E-state index contributed by atoms with van der Waals surface area (Å²) in [6.45, 7) is 13.4. The van der Waals surface area contributed by atoms with E-state index in [1.807, 2.05) is 48.5 Å². The van der Waals surface area contributed by atoms with Gasteiger partial charge in [0.1, 0.15) is 11.7 Å². The van der Waals surface area contributed by atoms with E-state index in [4.69, 9.17) is 9.47 Å². The van der Waals surface area contributed by atoms with Crippen molar-refractivity contribution in [2.45, 2.75) is 91.4 Å². The van der Waals surface area contributed by atoms with Gasteiger partial charge in [-0.05, 0) is 74.1 Å². The van der Waals surface area contributed by atoms with E-state index in [-0.39, 0.29) is 18.7 Å². The van der Waals surface area contributed by atoms with Crippen LogP contribution in [0.2, 0.25) is 0 Å². The van der Waals surface area contributed by atoms with Crippen molar-refractivity contribution in [3.8, 4) is 0 Å². The highest BCUT2D eigenvalue weighted by molar-refractivity contribution is 5.76. The van der Waals surface area contributed by atoms with Crippen LogP contribution in [0.4, 0.5) is 4.79 Å². The molecular formula is C19H35NO5. The Bertz CT molecular complexity index is 477. The topological polar surface area (TPSA) is 76.1 Å². The molecule has 0 saturated carbocycles. The third-order valence-corrected chi connectivity index (χ3v) is 4.56. The fourth-order valence-corrected chi connectivity index (χ4v) is 3.21. The van der Waals surface area contributed by atoms with Crippen molar-refractivity contribution in [2.75, 3.05) is 13.2 Å². The molecule has 0 radical (unpaired) electrons. The second-order valence-corrected chi connectivity index (χ2v) is 8.96.